The molecule has 1 aromatic rings. The summed E-state index contributed by atoms with van der Waals surface area (Å²) in [7, 11) is 1.59. The van der Waals surface area contributed by atoms with Crippen LogP contribution in [0.2, 0.25) is 0 Å². The highest BCUT2D eigenvalue weighted by Gasteiger charge is 2.00. The molecule has 2 nitrogen and oxygen atoms in total. The summed E-state index contributed by atoms with van der Waals surface area (Å²) in [6.45, 7) is 0.926. The van der Waals surface area contributed by atoms with E-state index in [-0.39, 0.29) is 5.82 Å². The first-order valence-corrected chi connectivity index (χ1v) is 4.60. The predicted molar refractivity (Wildman–Crippen MR) is 51.5 cm³/mol. The van der Waals surface area contributed by atoms with E-state index < -0.39 is 0 Å². The molecule has 0 saturated heterocycles. The summed E-state index contributed by atoms with van der Waals surface area (Å²) < 4.78 is 23.4. The van der Waals surface area contributed by atoms with Crippen LogP contribution in [0.15, 0.2) is 22.7 Å². The molecule has 0 atom stereocenters. The molecule has 0 N–H and O–H groups in total. The summed E-state index contributed by atoms with van der Waals surface area (Å²) in [6.07, 6.45) is 0. The first-order valence-electron chi connectivity index (χ1n) is 3.81. The number of methoxy groups -OCH3 is 1. The first kappa shape index (κ1) is 10.5. The maximum Gasteiger partial charge on any atom is 0.141 e. The summed E-state index contributed by atoms with van der Waals surface area (Å²) >= 11 is 3.06. The zero-order chi connectivity index (χ0) is 9.68. The Morgan fingerprint density at radius 1 is 1.38 bits per heavy atom. The molecule has 0 aliphatic carbocycles. The van der Waals surface area contributed by atoms with Crippen LogP contribution in [0.4, 0.5) is 4.39 Å². The summed E-state index contributed by atoms with van der Waals surface area (Å²) in [5.74, 6) is 0.188. The largest absolute Gasteiger partial charge is 0.491 e. The van der Waals surface area contributed by atoms with Crippen LogP contribution in [-0.2, 0) is 4.74 Å². The van der Waals surface area contributed by atoms with Gasteiger partial charge in [0.15, 0.2) is 0 Å². The molecule has 0 aliphatic rings. The van der Waals surface area contributed by atoms with Crippen LogP contribution < -0.4 is 4.74 Å². The number of ether oxygens (including phenoxy) is 2. The van der Waals surface area contributed by atoms with Crippen molar-refractivity contribution in [3.63, 3.8) is 0 Å². The topological polar surface area (TPSA) is 18.5 Å². The van der Waals surface area contributed by atoms with Gasteiger partial charge in [0.2, 0.25) is 0 Å². The molecule has 1 rings (SSSR count). The van der Waals surface area contributed by atoms with Gasteiger partial charge in [-0.1, -0.05) is 0 Å². The van der Waals surface area contributed by atoms with Crippen molar-refractivity contribution in [2.24, 2.45) is 0 Å². The lowest BCUT2D eigenvalue weighted by atomic mass is 10.3. The standard InChI is InChI=1S/C9H10BrFO2/c1-12-4-5-13-7-2-3-8(10)9(11)6-7/h2-3,6H,4-5H2,1H3. The third kappa shape index (κ3) is 3.32. The number of hydrogen-bond acceptors (Lipinski definition) is 2. The van der Waals surface area contributed by atoms with Crippen LogP contribution in [0.1, 0.15) is 0 Å². The van der Waals surface area contributed by atoms with Crippen LogP contribution in [-0.4, -0.2) is 20.3 Å². The third-order valence-electron chi connectivity index (χ3n) is 1.45. The highest BCUT2D eigenvalue weighted by Crippen LogP contribution is 2.20. The van der Waals surface area contributed by atoms with Crippen LogP contribution >= 0.6 is 15.9 Å². The highest BCUT2D eigenvalue weighted by atomic mass is 79.9. The molecular formula is C9H10BrFO2. The van der Waals surface area contributed by atoms with Crippen molar-refractivity contribution in [1.29, 1.82) is 0 Å². The smallest absolute Gasteiger partial charge is 0.141 e. The van der Waals surface area contributed by atoms with Gasteiger partial charge in [0.25, 0.3) is 0 Å². The molecule has 0 aromatic heterocycles. The van der Waals surface area contributed by atoms with Gasteiger partial charge < -0.3 is 9.47 Å². The Hall–Kier alpha value is -0.610. The zero-order valence-corrected chi connectivity index (χ0v) is 8.80. The molecule has 0 aliphatic heterocycles. The van der Waals surface area contributed by atoms with Crippen molar-refractivity contribution in [3.05, 3.63) is 28.5 Å². The average molecular weight is 249 g/mol. The monoisotopic (exact) mass is 248 g/mol. The molecule has 13 heavy (non-hydrogen) atoms. The van der Waals surface area contributed by atoms with Crippen LogP contribution in [0.25, 0.3) is 0 Å². The van der Waals surface area contributed by atoms with Gasteiger partial charge in [-0.2, -0.15) is 0 Å². The minimum absolute atomic E-state index is 0.324. The molecule has 72 valence electrons. The highest BCUT2D eigenvalue weighted by molar-refractivity contribution is 9.10. The Bertz CT molecular complexity index is 278. The summed E-state index contributed by atoms with van der Waals surface area (Å²) in [5, 5.41) is 0. The van der Waals surface area contributed by atoms with Gasteiger partial charge in [0.1, 0.15) is 18.2 Å². The Morgan fingerprint density at radius 3 is 2.77 bits per heavy atom. The molecule has 0 amide bonds. The van der Waals surface area contributed by atoms with Gasteiger partial charge in [0.05, 0.1) is 11.1 Å². The Balaban J connectivity index is 2.53. The van der Waals surface area contributed by atoms with Crippen molar-refractivity contribution in [1.82, 2.24) is 0 Å². The Labute approximate surface area is 84.8 Å². The van der Waals surface area contributed by atoms with Crippen molar-refractivity contribution in [2.45, 2.75) is 0 Å². The SMILES string of the molecule is COCCOc1ccc(Br)c(F)c1. The average Bonchev–Trinajstić information content (AvgIpc) is 2.12. The number of rotatable bonds is 4. The lowest BCUT2D eigenvalue weighted by molar-refractivity contribution is 0.146. The Morgan fingerprint density at radius 2 is 2.15 bits per heavy atom. The summed E-state index contributed by atoms with van der Waals surface area (Å²) in [4.78, 5) is 0. The van der Waals surface area contributed by atoms with Crippen LogP contribution in [0.5, 0.6) is 5.75 Å². The quantitative estimate of drug-likeness (QED) is 0.763. The molecule has 4 heteroatoms. The minimum atomic E-state index is -0.324. The normalized spacial score (nSPS) is 10.1. The molecule has 0 heterocycles. The molecular weight excluding hydrogens is 239 g/mol. The molecule has 0 saturated carbocycles. The summed E-state index contributed by atoms with van der Waals surface area (Å²) in [5.41, 5.74) is 0. The third-order valence-corrected chi connectivity index (χ3v) is 2.09. The van der Waals surface area contributed by atoms with Gasteiger partial charge in [-0.3, -0.25) is 0 Å². The van der Waals surface area contributed by atoms with E-state index in [1.54, 1.807) is 19.2 Å². The maximum atomic E-state index is 12.9. The van der Waals surface area contributed by atoms with Crippen molar-refractivity contribution in [3.8, 4) is 5.75 Å². The second-order valence-electron chi connectivity index (χ2n) is 2.42. The first-order chi connectivity index (χ1) is 6.24. The van der Waals surface area contributed by atoms with E-state index in [0.29, 0.717) is 23.4 Å². The maximum absolute atomic E-state index is 12.9. The molecule has 0 fully saturated rings. The minimum Gasteiger partial charge on any atom is -0.491 e. The second kappa shape index (κ2) is 5.19. The molecule has 0 unspecified atom stereocenters. The van der Waals surface area contributed by atoms with Gasteiger partial charge in [-0.15, -0.1) is 0 Å². The number of benzene rings is 1. The van der Waals surface area contributed by atoms with Gasteiger partial charge in [-0.25, -0.2) is 4.39 Å². The van der Waals surface area contributed by atoms with Gasteiger partial charge >= 0.3 is 0 Å². The fourth-order valence-electron chi connectivity index (χ4n) is 0.809. The van der Waals surface area contributed by atoms with E-state index in [0.717, 1.165) is 0 Å². The van der Waals surface area contributed by atoms with E-state index in [2.05, 4.69) is 15.9 Å². The Kier molecular flexibility index (Phi) is 4.18. The predicted octanol–water partition coefficient (Wildman–Crippen LogP) is 2.61. The lowest BCUT2D eigenvalue weighted by Gasteiger charge is -2.05. The molecule has 1 aromatic carbocycles. The second-order valence-corrected chi connectivity index (χ2v) is 3.27. The van der Waals surface area contributed by atoms with Gasteiger partial charge in [0, 0.05) is 13.2 Å². The lowest BCUT2D eigenvalue weighted by Crippen LogP contribution is -2.04. The van der Waals surface area contributed by atoms with Crippen LogP contribution in [0, 0.1) is 5.82 Å². The number of hydrogen-bond donors (Lipinski definition) is 0. The van der Waals surface area contributed by atoms with Crippen molar-refractivity contribution in [2.75, 3.05) is 20.3 Å². The molecule has 0 bridgehead atoms. The van der Waals surface area contributed by atoms with E-state index in [1.807, 2.05) is 0 Å². The van der Waals surface area contributed by atoms with Gasteiger partial charge in [-0.05, 0) is 28.1 Å². The zero-order valence-electron chi connectivity index (χ0n) is 7.22. The van der Waals surface area contributed by atoms with Crippen molar-refractivity contribution < 1.29 is 13.9 Å². The van der Waals surface area contributed by atoms with Crippen LogP contribution in [0.3, 0.4) is 0 Å². The summed E-state index contributed by atoms with van der Waals surface area (Å²) in [6, 6.07) is 4.64. The van der Waals surface area contributed by atoms with E-state index >= 15 is 0 Å². The fourth-order valence-corrected chi connectivity index (χ4v) is 1.06. The van der Waals surface area contributed by atoms with Crippen molar-refractivity contribution >= 4 is 15.9 Å². The fraction of sp³-hybridized carbons (Fsp3) is 0.333. The molecule has 0 radical (unpaired) electrons. The number of halogens is 2. The molecule has 0 spiro atoms. The van der Waals surface area contributed by atoms with E-state index in [9.17, 15) is 4.39 Å². The van der Waals surface area contributed by atoms with E-state index in [1.165, 1.54) is 6.07 Å². The van der Waals surface area contributed by atoms with E-state index in [4.69, 9.17) is 9.47 Å².